The van der Waals surface area contributed by atoms with Crippen LogP contribution in [0.1, 0.15) is 91.5 Å². The first-order chi connectivity index (χ1) is 19.6. The molecule has 0 spiro atoms. The van der Waals surface area contributed by atoms with Crippen molar-refractivity contribution in [2.75, 3.05) is 0 Å². The summed E-state index contributed by atoms with van der Waals surface area (Å²) in [7, 11) is 0. The number of rotatable bonds is 4. The Balaban J connectivity index is 0.000000921. The van der Waals surface area contributed by atoms with Crippen molar-refractivity contribution in [3.05, 3.63) is 117 Å². The van der Waals surface area contributed by atoms with E-state index >= 15 is 0 Å². The summed E-state index contributed by atoms with van der Waals surface area (Å²) in [5.74, 6) is 0.447. The van der Waals surface area contributed by atoms with Crippen LogP contribution in [-0.2, 0) is 10.8 Å². The first-order valence-electron chi connectivity index (χ1n) is 14.7. The van der Waals surface area contributed by atoms with Crippen LogP contribution in [0.5, 0.6) is 11.5 Å². The highest BCUT2D eigenvalue weighted by Crippen LogP contribution is 2.36. The van der Waals surface area contributed by atoms with Crippen molar-refractivity contribution in [3.63, 3.8) is 0 Å². The van der Waals surface area contributed by atoms with Gasteiger partial charge in [0.2, 0.25) is 5.43 Å². The molecule has 1 heterocycles. The van der Waals surface area contributed by atoms with Crippen LogP contribution in [-0.4, -0.2) is 10.2 Å². The van der Waals surface area contributed by atoms with Gasteiger partial charge >= 0.3 is 0 Å². The molecule has 0 saturated heterocycles. The van der Waals surface area contributed by atoms with Crippen LogP contribution in [0.2, 0.25) is 0 Å². The molecular weight excluding hydrogens is 508 g/mol. The van der Waals surface area contributed by atoms with Gasteiger partial charge in [-0.1, -0.05) is 106 Å². The molecule has 5 aromatic rings. The standard InChI is InChI=1S/C31H28O4.3C2H6/c1-30(2,19-5-11-23(32)12-6-19)21-9-15-27-25(17-21)29(34)26-18-22(10-16-28(26)35-27)31(3,4)20-7-13-24(33)14-8-20;3*1-2/h5-18,32-33H,1-4H3;3*1-2H3. The van der Waals surface area contributed by atoms with Crippen molar-refractivity contribution < 1.29 is 14.6 Å². The Hall–Kier alpha value is -4.05. The summed E-state index contributed by atoms with van der Waals surface area (Å²) < 4.78 is 6.14. The lowest BCUT2D eigenvalue weighted by atomic mass is 9.77. The maximum atomic E-state index is 13.7. The molecule has 0 radical (unpaired) electrons. The highest BCUT2D eigenvalue weighted by molar-refractivity contribution is 5.90. The van der Waals surface area contributed by atoms with Gasteiger partial charge in [0.25, 0.3) is 0 Å². The number of fused-ring (bicyclic) bond motifs is 2. The third kappa shape index (κ3) is 6.82. The maximum Gasteiger partial charge on any atom is 0.200 e. The Kier molecular flexibility index (Phi) is 11.3. The monoisotopic (exact) mass is 554 g/mol. The van der Waals surface area contributed by atoms with Crippen LogP contribution in [0.4, 0.5) is 0 Å². The molecule has 4 nitrogen and oxygen atoms in total. The van der Waals surface area contributed by atoms with Crippen molar-refractivity contribution in [3.8, 4) is 11.5 Å². The molecule has 0 saturated carbocycles. The van der Waals surface area contributed by atoms with Crippen molar-refractivity contribution in [2.24, 2.45) is 0 Å². The second-order valence-corrected chi connectivity index (χ2v) is 10.2. The number of phenolic OH excluding ortho intramolecular Hbond substituents is 2. The van der Waals surface area contributed by atoms with E-state index in [1.165, 1.54) is 0 Å². The van der Waals surface area contributed by atoms with Gasteiger partial charge in [-0.25, -0.2) is 0 Å². The number of benzene rings is 4. The zero-order valence-corrected chi connectivity index (χ0v) is 26.3. The van der Waals surface area contributed by atoms with Crippen molar-refractivity contribution >= 4 is 21.9 Å². The minimum absolute atomic E-state index is 0.0621. The molecular formula is C37H46O4. The predicted molar refractivity (Wildman–Crippen MR) is 175 cm³/mol. The normalized spacial score (nSPS) is 11.0. The zero-order chi connectivity index (χ0) is 31.0. The summed E-state index contributed by atoms with van der Waals surface area (Å²) in [6.07, 6.45) is 0. The molecule has 4 aromatic carbocycles. The highest BCUT2D eigenvalue weighted by atomic mass is 16.3. The molecule has 218 valence electrons. The fourth-order valence-corrected chi connectivity index (χ4v) is 4.72. The molecule has 0 unspecified atom stereocenters. The molecule has 0 bridgehead atoms. The van der Waals surface area contributed by atoms with Crippen molar-refractivity contribution in [1.29, 1.82) is 0 Å². The van der Waals surface area contributed by atoms with Crippen LogP contribution >= 0.6 is 0 Å². The van der Waals surface area contributed by atoms with E-state index in [1.807, 2.05) is 102 Å². The minimum Gasteiger partial charge on any atom is -0.508 e. The Morgan fingerprint density at radius 2 is 0.780 bits per heavy atom. The minimum atomic E-state index is -0.369. The fourth-order valence-electron chi connectivity index (χ4n) is 4.72. The molecule has 2 N–H and O–H groups in total. The van der Waals surface area contributed by atoms with Gasteiger partial charge in [0, 0.05) is 10.8 Å². The van der Waals surface area contributed by atoms with Crippen LogP contribution in [0, 0.1) is 0 Å². The Labute approximate surface area is 245 Å². The first kappa shape index (κ1) is 33.2. The van der Waals surface area contributed by atoms with E-state index in [9.17, 15) is 15.0 Å². The van der Waals surface area contributed by atoms with E-state index in [0.717, 1.165) is 22.3 Å². The van der Waals surface area contributed by atoms with Gasteiger partial charge in [0.05, 0.1) is 10.8 Å². The maximum absolute atomic E-state index is 13.7. The summed E-state index contributed by atoms with van der Waals surface area (Å²) in [6, 6.07) is 25.9. The van der Waals surface area contributed by atoms with Crippen LogP contribution in [0.15, 0.2) is 94.1 Å². The molecule has 0 aliphatic heterocycles. The van der Waals surface area contributed by atoms with Crippen molar-refractivity contribution in [1.82, 2.24) is 0 Å². The number of aromatic hydroxyl groups is 2. The molecule has 0 aliphatic rings. The van der Waals surface area contributed by atoms with Gasteiger partial charge < -0.3 is 14.6 Å². The van der Waals surface area contributed by atoms with E-state index in [0.29, 0.717) is 21.9 Å². The summed E-state index contributed by atoms with van der Waals surface area (Å²) in [6.45, 7) is 20.4. The molecule has 0 aliphatic carbocycles. The van der Waals surface area contributed by atoms with E-state index in [-0.39, 0.29) is 27.8 Å². The second-order valence-electron chi connectivity index (χ2n) is 10.2. The Morgan fingerprint density at radius 3 is 1.10 bits per heavy atom. The topological polar surface area (TPSA) is 70.7 Å². The lowest BCUT2D eigenvalue weighted by Gasteiger charge is -2.27. The average molecular weight is 555 g/mol. The summed E-state index contributed by atoms with van der Waals surface area (Å²) in [5.41, 5.74) is 4.36. The molecule has 0 atom stereocenters. The largest absolute Gasteiger partial charge is 0.508 e. The lowest BCUT2D eigenvalue weighted by Crippen LogP contribution is -2.20. The summed E-state index contributed by atoms with van der Waals surface area (Å²) >= 11 is 0. The van der Waals surface area contributed by atoms with Gasteiger partial charge in [-0.3, -0.25) is 4.79 Å². The molecule has 0 amide bonds. The van der Waals surface area contributed by atoms with Gasteiger partial charge in [-0.05, 0) is 70.8 Å². The molecule has 0 fully saturated rings. The third-order valence-corrected chi connectivity index (χ3v) is 7.29. The number of hydrogen-bond donors (Lipinski definition) is 2. The van der Waals surface area contributed by atoms with Gasteiger partial charge in [-0.15, -0.1) is 0 Å². The lowest BCUT2D eigenvalue weighted by molar-refractivity contribution is 0.474. The predicted octanol–water partition coefficient (Wildman–Crippen LogP) is 10.1. The van der Waals surface area contributed by atoms with Gasteiger partial charge in [0.15, 0.2) is 0 Å². The van der Waals surface area contributed by atoms with E-state index < -0.39 is 0 Å². The van der Waals surface area contributed by atoms with Crippen LogP contribution in [0.25, 0.3) is 21.9 Å². The summed E-state index contributed by atoms with van der Waals surface area (Å²) in [5, 5.41) is 20.4. The molecule has 5 rings (SSSR count). The molecule has 1 aromatic heterocycles. The van der Waals surface area contributed by atoms with E-state index in [1.54, 1.807) is 24.3 Å². The van der Waals surface area contributed by atoms with Crippen LogP contribution < -0.4 is 5.43 Å². The smallest absolute Gasteiger partial charge is 0.200 e. The quantitative estimate of drug-likeness (QED) is 0.217. The number of phenols is 2. The van der Waals surface area contributed by atoms with Crippen LogP contribution in [0.3, 0.4) is 0 Å². The van der Waals surface area contributed by atoms with Gasteiger partial charge in [-0.2, -0.15) is 0 Å². The molecule has 4 heteroatoms. The molecule has 41 heavy (non-hydrogen) atoms. The van der Waals surface area contributed by atoms with Crippen molar-refractivity contribution in [2.45, 2.75) is 80.1 Å². The highest BCUT2D eigenvalue weighted by Gasteiger charge is 2.26. The Morgan fingerprint density at radius 1 is 0.488 bits per heavy atom. The average Bonchev–Trinajstić information content (AvgIpc) is 3.00. The number of hydrogen-bond acceptors (Lipinski definition) is 4. The van der Waals surface area contributed by atoms with E-state index in [2.05, 4.69) is 27.7 Å². The Bertz CT molecular complexity index is 1490. The second kappa shape index (κ2) is 14.0. The zero-order valence-electron chi connectivity index (χ0n) is 26.3. The fraction of sp³-hybridized carbons (Fsp3) is 0.324. The first-order valence-corrected chi connectivity index (χ1v) is 14.7. The summed E-state index contributed by atoms with van der Waals surface area (Å²) in [4.78, 5) is 13.7. The SMILES string of the molecule is CC.CC.CC.CC(C)(c1ccc(O)cc1)c1ccc2oc3ccc(C(C)(C)c4ccc(O)cc4)cc3c(=O)c2c1. The van der Waals surface area contributed by atoms with E-state index in [4.69, 9.17) is 4.42 Å². The van der Waals surface area contributed by atoms with Gasteiger partial charge in [0.1, 0.15) is 22.7 Å². The third-order valence-electron chi connectivity index (χ3n) is 7.29.